The molecule has 0 atom stereocenters. The van der Waals surface area contributed by atoms with Crippen LogP contribution in [0.3, 0.4) is 0 Å². The highest BCUT2D eigenvalue weighted by Crippen LogP contribution is 2.47. The molecular weight excluding hydrogens is 787 g/mol. The van der Waals surface area contributed by atoms with E-state index in [1.54, 1.807) is 0 Å². The zero-order valence-corrected chi connectivity index (χ0v) is 39.5. The number of anilines is 6. The van der Waals surface area contributed by atoms with Crippen molar-refractivity contribution in [3.05, 3.63) is 186 Å². The summed E-state index contributed by atoms with van der Waals surface area (Å²) in [4.78, 5) is 5.08. The van der Waals surface area contributed by atoms with E-state index in [0.717, 1.165) is 44.4 Å². The first kappa shape index (κ1) is 41.0. The van der Waals surface area contributed by atoms with Crippen LogP contribution in [0, 0.1) is 6.92 Å². The van der Waals surface area contributed by atoms with Crippen LogP contribution in [0.25, 0.3) is 44.2 Å². The lowest BCUT2D eigenvalue weighted by atomic mass is 9.33. The Kier molecular flexibility index (Phi) is 9.22. The van der Waals surface area contributed by atoms with Crippen LogP contribution < -0.4 is 26.2 Å². The highest BCUT2D eigenvalue weighted by molar-refractivity contribution is 7.00. The third-order valence-electron chi connectivity index (χ3n) is 14.0. The van der Waals surface area contributed by atoms with Crippen molar-refractivity contribution in [3.63, 3.8) is 0 Å². The van der Waals surface area contributed by atoms with Crippen LogP contribution in [-0.2, 0) is 16.2 Å². The second-order valence-electron chi connectivity index (χ2n) is 21.6. The molecule has 0 spiro atoms. The molecule has 1 aromatic heterocycles. The van der Waals surface area contributed by atoms with Crippen molar-refractivity contribution in [2.75, 3.05) is 9.80 Å². The molecule has 11 rings (SSSR count). The summed E-state index contributed by atoms with van der Waals surface area (Å²) in [5.41, 5.74) is 23.1. The fourth-order valence-electron chi connectivity index (χ4n) is 10.3. The van der Waals surface area contributed by atoms with Gasteiger partial charge in [0.15, 0.2) is 0 Å². The summed E-state index contributed by atoms with van der Waals surface area (Å²) in [6, 6.07) is 61.7. The Labute approximate surface area is 385 Å². The molecule has 0 unspecified atom stereocenters. The Balaban J connectivity index is 1.08. The van der Waals surface area contributed by atoms with E-state index in [4.69, 9.17) is 4.42 Å². The maximum absolute atomic E-state index is 6.32. The molecule has 8 aromatic carbocycles. The van der Waals surface area contributed by atoms with Crippen molar-refractivity contribution in [3.8, 4) is 22.3 Å². The van der Waals surface area contributed by atoms with Crippen LogP contribution in [0.2, 0.25) is 0 Å². The fraction of sp³-hybridized carbons (Fsp3) is 0.213. The number of furan rings is 1. The van der Waals surface area contributed by atoms with Gasteiger partial charge in [-0.25, -0.2) is 0 Å². The van der Waals surface area contributed by atoms with Crippen molar-refractivity contribution >= 4 is 79.2 Å². The monoisotopic (exact) mass is 844 g/mol. The van der Waals surface area contributed by atoms with Crippen LogP contribution >= 0.6 is 0 Å². The predicted molar refractivity (Wildman–Crippen MR) is 279 cm³/mol. The number of para-hydroxylation sites is 1. The second-order valence-corrected chi connectivity index (χ2v) is 21.6. The van der Waals surface area contributed by atoms with Crippen LogP contribution in [-0.4, -0.2) is 6.71 Å². The summed E-state index contributed by atoms with van der Waals surface area (Å²) in [5, 5.41) is 2.30. The van der Waals surface area contributed by atoms with Gasteiger partial charge in [-0.3, -0.25) is 0 Å². The molecule has 2 aliphatic heterocycles. The van der Waals surface area contributed by atoms with Crippen LogP contribution in [0.4, 0.5) is 34.1 Å². The molecule has 0 radical (unpaired) electrons. The molecule has 0 saturated carbocycles. The van der Waals surface area contributed by atoms with E-state index in [1.807, 2.05) is 12.1 Å². The Morgan fingerprint density at radius 3 is 1.32 bits per heavy atom. The summed E-state index contributed by atoms with van der Waals surface area (Å²) in [7, 11) is 0. The molecule has 65 heavy (non-hydrogen) atoms. The first-order chi connectivity index (χ1) is 31.0. The highest BCUT2D eigenvalue weighted by atomic mass is 16.3. The summed E-state index contributed by atoms with van der Waals surface area (Å²) in [5.74, 6) is 0. The molecule has 2 aliphatic rings. The summed E-state index contributed by atoms with van der Waals surface area (Å²) in [6.07, 6.45) is 0. The van der Waals surface area contributed by atoms with Gasteiger partial charge < -0.3 is 14.2 Å². The molecule has 3 nitrogen and oxygen atoms in total. The van der Waals surface area contributed by atoms with Gasteiger partial charge in [-0.1, -0.05) is 159 Å². The maximum atomic E-state index is 6.32. The fourth-order valence-corrected chi connectivity index (χ4v) is 10.3. The number of benzene rings is 8. The van der Waals surface area contributed by atoms with Gasteiger partial charge in [-0.2, -0.15) is 0 Å². The largest absolute Gasteiger partial charge is 0.456 e. The maximum Gasteiger partial charge on any atom is 0.252 e. The molecule has 3 heterocycles. The van der Waals surface area contributed by atoms with Gasteiger partial charge in [0.2, 0.25) is 0 Å². The number of nitrogens with zero attached hydrogens (tertiary/aromatic N) is 2. The van der Waals surface area contributed by atoms with Gasteiger partial charge in [-0.05, 0) is 151 Å². The molecule has 0 N–H and O–H groups in total. The lowest BCUT2D eigenvalue weighted by Gasteiger charge is -2.45. The third-order valence-corrected chi connectivity index (χ3v) is 14.0. The van der Waals surface area contributed by atoms with Gasteiger partial charge in [0, 0.05) is 44.9 Å². The van der Waals surface area contributed by atoms with Crippen LogP contribution in [0.15, 0.2) is 168 Å². The average Bonchev–Trinajstić information content (AvgIpc) is 3.66. The van der Waals surface area contributed by atoms with E-state index in [-0.39, 0.29) is 23.0 Å². The van der Waals surface area contributed by atoms with Crippen molar-refractivity contribution in [1.82, 2.24) is 0 Å². The van der Waals surface area contributed by atoms with E-state index in [2.05, 4.69) is 231 Å². The number of hydrogen-bond acceptors (Lipinski definition) is 3. The van der Waals surface area contributed by atoms with Crippen LogP contribution in [0.1, 0.15) is 84.6 Å². The SMILES string of the molecule is Cc1cc2c3c(c1)N(c1ccc(-c4ccc5c(c4)oc4ccccc45)cc1)c1cc(C(C)(C)C)ccc1B3c1ccc(C(C)(C)C)cc1N2c1ccc(-c2ccc(C(C)(C)C)cc2)cc1. The normalized spacial score (nSPS) is 13.6. The third kappa shape index (κ3) is 6.88. The van der Waals surface area contributed by atoms with E-state index >= 15 is 0 Å². The Morgan fingerprint density at radius 2 is 0.815 bits per heavy atom. The lowest BCUT2D eigenvalue weighted by Crippen LogP contribution is -2.61. The first-order valence-electron chi connectivity index (χ1n) is 23.3. The van der Waals surface area contributed by atoms with Crippen molar-refractivity contribution in [1.29, 1.82) is 0 Å². The van der Waals surface area contributed by atoms with E-state index in [0.29, 0.717) is 0 Å². The Hall–Kier alpha value is -6.78. The number of aryl methyl sites for hydroxylation is 1. The standard InChI is InChI=1S/C61H57BN2O/c1-38-33-54-58-55(34-38)64(47-28-19-41(20-29-47)42-21-30-49-48-13-11-12-14-56(48)65-57(49)35-42)53-37-45(61(8,9)10)25-32-51(53)62(58)50-31-24-44(60(5,6)7)36-52(50)63(54)46-26-17-40(18-27-46)39-15-22-43(23-16-39)59(2,3)4/h11-37H,1-10H3. The summed E-state index contributed by atoms with van der Waals surface area (Å²) < 4.78 is 6.32. The molecule has 0 aliphatic carbocycles. The Bertz CT molecular complexity index is 3320. The minimum absolute atomic E-state index is 0.0192. The number of rotatable bonds is 4. The molecular formula is C61H57BN2O. The number of fused-ring (bicyclic) bond motifs is 7. The predicted octanol–water partition coefficient (Wildman–Crippen LogP) is 15.2. The summed E-state index contributed by atoms with van der Waals surface area (Å²) >= 11 is 0. The molecule has 0 fully saturated rings. The van der Waals surface area contributed by atoms with Gasteiger partial charge in [0.25, 0.3) is 6.71 Å². The van der Waals surface area contributed by atoms with Gasteiger partial charge in [0.1, 0.15) is 11.2 Å². The van der Waals surface area contributed by atoms with Crippen molar-refractivity contribution in [2.45, 2.75) is 85.5 Å². The molecule has 9 aromatic rings. The Morgan fingerprint density at radius 1 is 0.385 bits per heavy atom. The zero-order chi connectivity index (χ0) is 45.2. The minimum atomic E-state index is -0.0262. The number of hydrogen-bond donors (Lipinski definition) is 0. The highest BCUT2D eigenvalue weighted by Gasteiger charge is 2.44. The van der Waals surface area contributed by atoms with E-state index in [1.165, 1.54) is 72.5 Å². The average molecular weight is 845 g/mol. The van der Waals surface area contributed by atoms with E-state index in [9.17, 15) is 0 Å². The first-order valence-corrected chi connectivity index (χ1v) is 23.3. The molecule has 0 bridgehead atoms. The van der Waals surface area contributed by atoms with Gasteiger partial charge in [-0.15, -0.1) is 0 Å². The van der Waals surface area contributed by atoms with Crippen molar-refractivity contribution in [2.24, 2.45) is 0 Å². The lowest BCUT2D eigenvalue weighted by molar-refractivity contribution is 0.590. The second kappa shape index (κ2) is 14.6. The zero-order valence-electron chi connectivity index (χ0n) is 39.5. The quantitative estimate of drug-likeness (QED) is 0.165. The molecule has 320 valence electrons. The topological polar surface area (TPSA) is 19.6 Å². The smallest absolute Gasteiger partial charge is 0.252 e. The van der Waals surface area contributed by atoms with Crippen LogP contribution in [0.5, 0.6) is 0 Å². The van der Waals surface area contributed by atoms with Crippen molar-refractivity contribution < 1.29 is 4.42 Å². The molecule has 4 heteroatoms. The van der Waals surface area contributed by atoms with Gasteiger partial charge >= 0.3 is 0 Å². The molecule has 0 saturated heterocycles. The molecule has 0 amide bonds. The minimum Gasteiger partial charge on any atom is -0.456 e. The van der Waals surface area contributed by atoms with E-state index < -0.39 is 0 Å². The van der Waals surface area contributed by atoms with Gasteiger partial charge in [0.05, 0.1) is 0 Å². The summed E-state index contributed by atoms with van der Waals surface area (Å²) in [6.45, 7) is 23.0.